The Bertz CT molecular complexity index is 498. The molecule has 0 bridgehead atoms. The van der Waals surface area contributed by atoms with Gasteiger partial charge in [-0.2, -0.15) is 5.26 Å². The van der Waals surface area contributed by atoms with Gasteiger partial charge >= 0.3 is 0 Å². The van der Waals surface area contributed by atoms with E-state index < -0.39 is 17.6 Å². The first-order valence-corrected chi connectivity index (χ1v) is 6.10. The van der Waals surface area contributed by atoms with Crippen LogP contribution in [0.25, 0.3) is 0 Å². The average molecular weight is 265 g/mol. The number of rotatable bonds is 4. The van der Waals surface area contributed by atoms with Gasteiger partial charge in [-0.15, -0.1) is 0 Å². The fourth-order valence-corrected chi connectivity index (χ4v) is 2.22. The molecule has 1 aliphatic heterocycles. The molecule has 0 radical (unpaired) electrons. The maximum atomic E-state index is 13.1. The number of Topliss-reactive ketones (excluding diaryl/α,β-unsaturated/α-hetero) is 1. The lowest BCUT2D eigenvalue weighted by Gasteiger charge is -2.12. The summed E-state index contributed by atoms with van der Waals surface area (Å²) in [5.74, 6) is -3.09. The maximum Gasteiger partial charge on any atom is 0.157 e. The number of nitriles is 1. The molecule has 19 heavy (non-hydrogen) atoms. The molecule has 0 amide bonds. The summed E-state index contributed by atoms with van der Waals surface area (Å²) >= 11 is 0. The smallest absolute Gasteiger partial charge is 0.157 e. The number of benzene rings is 1. The summed E-state index contributed by atoms with van der Waals surface area (Å²) in [7, 11) is 0. The van der Waals surface area contributed by atoms with E-state index in [0.29, 0.717) is 12.7 Å². The summed E-state index contributed by atoms with van der Waals surface area (Å²) in [5.41, 5.74) is 0.0583. The highest BCUT2D eigenvalue weighted by molar-refractivity contribution is 5.88. The maximum absolute atomic E-state index is 13.1. The van der Waals surface area contributed by atoms with Crippen LogP contribution in [-0.2, 0) is 9.53 Å². The minimum Gasteiger partial charge on any atom is -0.378 e. The second-order valence-corrected chi connectivity index (χ2v) is 4.57. The molecule has 100 valence electrons. The van der Waals surface area contributed by atoms with Crippen molar-refractivity contribution in [2.75, 3.05) is 6.61 Å². The van der Waals surface area contributed by atoms with E-state index in [1.165, 1.54) is 0 Å². The van der Waals surface area contributed by atoms with Gasteiger partial charge in [-0.05, 0) is 30.5 Å². The molecule has 1 aliphatic rings. The Morgan fingerprint density at radius 1 is 1.42 bits per heavy atom. The topological polar surface area (TPSA) is 50.1 Å². The molecular weight excluding hydrogens is 252 g/mol. The van der Waals surface area contributed by atoms with E-state index in [4.69, 9.17) is 10.00 Å². The number of carbonyl (C=O) groups excluding carboxylic acids is 1. The molecule has 2 atom stereocenters. The van der Waals surface area contributed by atoms with Crippen molar-refractivity contribution < 1.29 is 18.3 Å². The molecule has 1 heterocycles. The number of ketones is 1. The van der Waals surface area contributed by atoms with Crippen molar-refractivity contribution in [2.24, 2.45) is 0 Å². The largest absolute Gasteiger partial charge is 0.378 e. The average Bonchev–Trinajstić information content (AvgIpc) is 2.81. The van der Waals surface area contributed by atoms with Crippen LogP contribution in [0.4, 0.5) is 8.78 Å². The number of nitrogens with zero attached hydrogens (tertiary/aromatic N) is 1. The van der Waals surface area contributed by atoms with Gasteiger partial charge in [0.05, 0.1) is 12.2 Å². The SMILES string of the molecule is N#CC(C(=O)CC1CCCO1)c1cc(F)cc(F)c1. The molecular formula is C14H13F2NO2. The van der Waals surface area contributed by atoms with Crippen LogP contribution >= 0.6 is 0 Å². The molecule has 1 aromatic carbocycles. The molecule has 1 aromatic rings. The molecule has 0 N–H and O–H groups in total. The molecule has 0 aliphatic carbocycles. The van der Waals surface area contributed by atoms with Crippen molar-refractivity contribution in [3.05, 3.63) is 35.4 Å². The lowest BCUT2D eigenvalue weighted by molar-refractivity contribution is -0.121. The Kier molecular flexibility index (Phi) is 4.23. The standard InChI is InChI=1S/C14H13F2NO2/c15-10-4-9(5-11(16)6-10)13(8-17)14(18)7-12-2-1-3-19-12/h4-6,12-13H,1-3,7H2. The van der Waals surface area contributed by atoms with Crippen LogP contribution in [0, 0.1) is 23.0 Å². The zero-order chi connectivity index (χ0) is 13.8. The summed E-state index contributed by atoms with van der Waals surface area (Å²) in [6.45, 7) is 0.615. The van der Waals surface area contributed by atoms with E-state index in [1.807, 2.05) is 6.07 Å². The van der Waals surface area contributed by atoms with Crippen molar-refractivity contribution in [1.82, 2.24) is 0 Å². The lowest BCUT2D eigenvalue weighted by atomic mass is 9.92. The second-order valence-electron chi connectivity index (χ2n) is 4.57. The van der Waals surface area contributed by atoms with Crippen LogP contribution in [0.3, 0.4) is 0 Å². The molecule has 1 fully saturated rings. The highest BCUT2D eigenvalue weighted by Gasteiger charge is 2.26. The van der Waals surface area contributed by atoms with Gasteiger partial charge in [0, 0.05) is 19.1 Å². The third-order valence-electron chi connectivity index (χ3n) is 3.12. The van der Waals surface area contributed by atoms with Gasteiger partial charge in [-0.3, -0.25) is 4.79 Å². The third kappa shape index (κ3) is 3.36. The number of ether oxygens (including phenoxy) is 1. The van der Waals surface area contributed by atoms with Gasteiger partial charge in [0.25, 0.3) is 0 Å². The van der Waals surface area contributed by atoms with Crippen LogP contribution in [-0.4, -0.2) is 18.5 Å². The van der Waals surface area contributed by atoms with Crippen LogP contribution in [0.2, 0.25) is 0 Å². The minimum absolute atomic E-state index is 0.0583. The highest BCUT2D eigenvalue weighted by Crippen LogP contribution is 2.24. The second kappa shape index (κ2) is 5.89. The zero-order valence-corrected chi connectivity index (χ0v) is 10.2. The molecule has 3 nitrogen and oxygen atoms in total. The Balaban J connectivity index is 2.14. The normalized spacial score (nSPS) is 19.9. The van der Waals surface area contributed by atoms with Crippen LogP contribution in [0.1, 0.15) is 30.7 Å². The Hall–Kier alpha value is -1.80. The van der Waals surface area contributed by atoms with Crippen molar-refractivity contribution in [1.29, 1.82) is 5.26 Å². The van der Waals surface area contributed by atoms with Gasteiger partial charge in [0.1, 0.15) is 17.6 Å². The minimum atomic E-state index is -1.14. The molecule has 2 rings (SSSR count). The molecule has 0 saturated carbocycles. The number of hydrogen-bond acceptors (Lipinski definition) is 3. The quantitative estimate of drug-likeness (QED) is 0.841. The van der Waals surface area contributed by atoms with E-state index in [-0.39, 0.29) is 23.9 Å². The van der Waals surface area contributed by atoms with Gasteiger partial charge < -0.3 is 4.74 Å². The third-order valence-corrected chi connectivity index (χ3v) is 3.12. The van der Waals surface area contributed by atoms with E-state index in [2.05, 4.69) is 0 Å². The fourth-order valence-electron chi connectivity index (χ4n) is 2.22. The Labute approximate surface area is 109 Å². The summed E-state index contributed by atoms with van der Waals surface area (Å²) in [4.78, 5) is 12.0. The van der Waals surface area contributed by atoms with Gasteiger partial charge in [-0.1, -0.05) is 0 Å². The lowest BCUT2D eigenvalue weighted by Crippen LogP contribution is -2.18. The number of halogens is 2. The number of hydrogen-bond donors (Lipinski definition) is 0. The van der Waals surface area contributed by atoms with Crippen LogP contribution in [0.5, 0.6) is 0 Å². The fraction of sp³-hybridized carbons (Fsp3) is 0.429. The van der Waals surface area contributed by atoms with Crippen LogP contribution < -0.4 is 0 Å². The summed E-state index contributed by atoms with van der Waals surface area (Å²) in [5, 5.41) is 9.05. The first kappa shape index (κ1) is 13.6. The van der Waals surface area contributed by atoms with Crippen molar-refractivity contribution in [2.45, 2.75) is 31.3 Å². The molecule has 0 spiro atoms. The first-order valence-electron chi connectivity index (χ1n) is 6.10. The van der Waals surface area contributed by atoms with Crippen molar-refractivity contribution >= 4 is 5.78 Å². The van der Waals surface area contributed by atoms with E-state index >= 15 is 0 Å². The molecule has 1 saturated heterocycles. The molecule has 2 unspecified atom stereocenters. The van der Waals surface area contributed by atoms with Crippen LogP contribution in [0.15, 0.2) is 18.2 Å². The van der Waals surface area contributed by atoms with Gasteiger partial charge in [-0.25, -0.2) is 8.78 Å². The predicted octanol–water partition coefficient (Wildman–Crippen LogP) is 2.71. The molecule has 0 aromatic heterocycles. The highest BCUT2D eigenvalue weighted by atomic mass is 19.1. The Morgan fingerprint density at radius 3 is 2.63 bits per heavy atom. The van der Waals surface area contributed by atoms with E-state index in [0.717, 1.165) is 25.0 Å². The van der Waals surface area contributed by atoms with Gasteiger partial charge in [0.2, 0.25) is 0 Å². The predicted molar refractivity (Wildman–Crippen MR) is 63.3 cm³/mol. The summed E-state index contributed by atoms with van der Waals surface area (Å²) in [6, 6.07) is 4.56. The zero-order valence-electron chi connectivity index (χ0n) is 10.2. The number of carbonyl (C=O) groups is 1. The molecule has 5 heteroatoms. The summed E-state index contributed by atoms with van der Waals surface area (Å²) < 4.78 is 31.5. The first-order chi connectivity index (χ1) is 9.10. The monoisotopic (exact) mass is 265 g/mol. The summed E-state index contributed by atoms with van der Waals surface area (Å²) in [6.07, 6.45) is 1.60. The van der Waals surface area contributed by atoms with E-state index in [9.17, 15) is 13.6 Å². The van der Waals surface area contributed by atoms with E-state index in [1.54, 1.807) is 0 Å². The Morgan fingerprint density at radius 2 is 2.11 bits per heavy atom. The van der Waals surface area contributed by atoms with Crippen molar-refractivity contribution in [3.8, 4) is 6.07 Å². The van der Waals surface area contributed by atoms with Gasteiger partial charge in [0.15, 0.2) is 5.78 Å². The van der Waals surface area contributed by atoms with Crippen molar-refractivity contribution in [3.63, 3.8) is 0 Å².